The zero-order chi connectivity index (χ0) is 17.1. The zero-order valence-electron chi connectivity index (χ0n) is 13.8. The molecular formula is C16H23BrN6S. The molecule has 24 heavy (non-hydrogen) atoms. The molecule has 0 atom stereocenters. The van der Waals surface area contributed by atoms with E-state index in [4.69, 9.17) is 18.0 Å². The van der Waals surface area contributed by atoms with Crippen LogP contribution in [0.2, 0.25) is 0 Å². The van der Waals surface area contributed by atoms with E-state index in [1.54, 1.807) is 0 Å². The topological polar surface area (TPSA) is 60.1 Å². The smallest absolute Gasteiger partial charge is 0.184 e. The minimum absolute atomic E-state index is 0.190. The lowest BCUT2D eigenvalue weighted by atomic mass is 10.1. The summed E-state index contributed by atoms with van der Waals surface area (Å²) in [6.07, 6.45) is 0. The lowest BCUT2D eigenvalue weighted by molar-refractivity contribution is 0.157. The number of hydrogen-bond acceptors (Lipinski definition) is 5. The number of piperazine rings is 1. The van der Waals surface area contributed by atoms with Crippen LogP contribution in [0.5, 0.6) is 0 Å². The summed E-state index contributed by atoms with van der Waals surface area (Å²) in [5.74, 6) is 0. The third kappa shape index (κ3) is 4.24. The van der Waals surface area contributed by atoms with Crippen LogP contribution in [0, 0.1) is 0 Å². The number of thiocarbonyl (C=S) groups is 1. The number of hydrogen-bond donors (Lipinski definition) is 2. The molecule has 130 valence electrons. The van der Waals surface area contributed by atoms with Crippen molar-refractivity contribution in [2.75, 3.05) is 57.8 Å². The van der Waals surface area contributed by atoms with E-state index in [9.17, 15) is 0 Å². The fraction of sp³-hybridized carbons (Fsp3) is 0.500. The van der Waals surface area contributed by atoms with Crippen LogP contribution in [0.4, 0.5) is 5.69 Å². The Hall–Kier alpha value is -1.22. The number of nitrogens with two attached hydrogens (primary N) is 1. The van der Waals surface area contributed by atoms with Crippen molar-refractivity contribution in [3.05, 3.63) is 28.2 Å². The number of anilines is 1. The molecule has 0 radical (unpaired) electrons. The van der Waals surface area contributed by atoms with Gasteiger partial charge in [-0.25, -0.2) is 0 Å². The molecule has 1 aromatic rings. The minimum atomic E-state index is 0.190. The van der Waals surface area contributed by atoms with Gasteiger partial charge in [0.05, 0.1) is 12.3 Å². The first kappa shape index (κ1) is 17.6. The van der Waals surface area contributed by atoms with Crippen molar-refractivity contribution >= 4 is 44.7 Å². The Labute approximate surface area is 156 Å². The Morgan fingerprint density at radius 3 is 2.75 bits per heavy atom. The van der Waals surface area contributed by atoms with E-state index in [0.29, 0.717) is 0 Å². The molecule has 1 aromatic carbocycles. The van der Waals surface area contributed by atoms with Crippen LogP contribution < -0.4 is 16.1 Å². The molecule has 3 N–H and O–H groups in total. The molecule has 1 saturated heterocycles. The van der Waals surface area contributed by atoms with Crippen molar-refractivity contribution in [2.24, 2.45) is 10.8 Å². The van der Waals surface area contributed by atoms with Crippen LogP contribution in [-0.4, -0.2) is 73.5 Å². The first-order valence-electron chi connectivity index (χ1n) is 8.10. The standard InChI is InChI=1S/C16H23BrN6S/c1-21-4-6-22(7-5-21)8-9-23-11-14(19-20-16(18)24)13-10-12(17)2-3-15(13)23/h2-3,10H,4-9,11H2,1H3,(H3,18,20,24)/b19-14+. The predicted molar refractivity (Wildman–Crippen MR) is 107 cm³/mol. The van der Waals surface area contributed by atoms with Crippen LogP contribution in [0.3, 0.4) is 0 Å². The minimum Gasteiger partial charge on any atom is -0.375 e. The third-order valence-corrected chi connectivity index (χ3v) is 5.12. The highest BCUT2D eigenvalue weighted by Crippen LogP contribution is 2.30. The Balaban J connectivity index is 1.69. The molecular weight excluding hydrogens is 388 g/mol. The van der Waals surface area contributed by atoms with Crippen molar-refractivity contribution in [2.45, 2.75) is 0 Å². The van der Waals surface area contributed by atoms with Gasteiger partial charge in [0.1, 0.15) is 0 Å². The normalized spacial score (nSPS) is 20.4. The van der Waals surface area contributed by atoms with Crippen LogP contribution in [0.25, 0.3) is 0 Å². The highest BCUT2D eigenvalue weighted by molar-refractivity contribution is 9.10. The van der Waals surface area contributed by atoms with Crippen molar-refractivity contribution < 1.29 is 0 Å². The number of benzene rings is 1. The Morgan fingerprint density at radius 2 is 2.04 bits per heavy atom. The van der Waals surface area contributed by atoms with E-state index in [0.717, 1.165) is 61.6 Å². The summed E-state index contributed by atoms with van der Waals surface area (Å²) < 4.78 is 1.05. The van der Waals surface area contributed by atoms with Crippen molar-refractivity contribution in [3.63, 3.8) is 0 Å². The first-order chi connectivity index (χ1) is 11.5. The Morgan fingerprint density at radius 1 is 1.29 bits per heavy atom. The van der Waals surface area contributed by atoms with Crippen LogP contribution in [0.15, 0.2) is 27.8 Å². The molecule has 6 nitrogen and oxygen atoms in total. The van der Waals surface area contributed by atoms with Gasteiger partial charge >= 0.3 is 0 Å². The summed E-state index contributed by atoms with van der Waals surface area (Å²) in [6, 6.07) is 6.32. The summed E-state index contributed by atoms with van der Waals surface area (Å²) in [5.41, 5.74) is 11.5. The van der Waals surface area contributed by atoms with Gasteiger partial charge in [-0.3, -0.25) is 10.3 Å². The summed E-state index contributed by atoms with van der Waals surface area (Å²) in [5, 5.41) is 4.57. The van der Waals surface area contributed by atoms with Gasteiger partial charge < -0.3 is 15.5 Å². The molecule has 8 heteroatoms. The van der Waals surface area contributed by atoms with Gasteiger partial charge in [-0.2, -0.15) is 5.10 Å². The first-order valence-corrected chi connectivity index (χ1v) is 9.31. The maximum absolute atomic E-state index is 5.50. The molecule has 0 bridgehead atoms. The number of nitrogens with zero attached hydrogens (tertiary/aromatic N) is 4. The van der Waals surface area contributed by atoms with Gasteiger partial charge in [-0.15, -0.1) is 0 Å². The van der Waals surface area contributed by atoms with Gasteiger partial charge in [-0.05, 0) is 37.5 Å². The molecule has 0 saturated carbocycles. The maximum Gasteiger partial charge on any atom is 0.184 e. The monoisotopic (exact) mass is 410 g/mol. The molecule has 1 fully saturated rings. The number of likely N-dealkylation sites (N-methyl/N-ethyl adjacent to an activating group) is 1. The molecule has 2 aliphatic heterocycles. The third-order valence-electron chi connectivity index (χ3n) is 4.53. The lowest BCUT2D eigenvalue weighted by Crippen LogP contribution is -2.47. The quantitative estimate of drug-likeness (QED) is 0.571. The molecule has 0 aliphatic carbocycles. The van der Waals surface area contributed by atoms with Gasteiger partial charge in [0.25, 0.3) is 0 Å². The Kier molecular flexibility index (Phi) is 5.70. The molecule has 0 aromatic heterocycles. The van der Waals surface area contributed by atoms with Gasteiger partial charge in [0, 0.05) is 55.0 Å². The molecule has 2 aliphatic rings. The summed E-state index contributed by atoms with van der Waals surface area (Å²) >= 11 is 8.40. The second-order valence-corrected chi connectivity index (χ2v) is 7.62. The van der Waals surface area contributed by atoms with E-state index < -0.39 is 0 Å². The van der Waals surface area contributed by atoms with E-state index in [2.05, 4.69) is 66.4 Å². The molecule has 0 amide bonds. The molecule has 0 spiro atoms. The molecule has 2 heterocycles. The molecule has 0 unspecified atom stereocenters. The van der Waals surface area contributed by atoms with Crippen LogP contribution in [0.1, 0.15) is 5.56 Å². The number of nitrogens with one attached hydrogen (secondary N) is 1. The van der Waals surface area contributed by atoms with Crippen LogP contribution >= 0.6 is 28.1 Å². The zero-order valence-corrected chi connectivity index (χ0v) is 16.2. The number of fused-ring (bicyclic) bond motifs is 1. The van der Waals surface area contributed by atoms with Gasteiger partial charge in [0.15, 0.2) is 5.11 Å². The largest absolute Gasteiger partial charge is 0.375 e. The molecule has 3 rings (SSSR count). The maximum atomic E-state index is 5.50. The van der Waals surface area contributed by atoms with Crippen molar-refractivity contribution in [1.29, 1.82) is 0 Å². The number of hydrazone groups is 1. The fourth-order valence-corrected chi connectivity index (χ4v) is 3.52. The fourth-order valence-electron chi connectivity index (χ4n) is 3.12. The average Bonchev–Trinajstić information content (AvgIpc) is 2.89. The predicted octanol–water partition coefficient (Wildman–Crippen LogP) is 1.05. The van der Waals surface area contributed by atoms with Gasteiger partial charge in [0.2, 0.25) is 0 Å². The second kappa shape index (κ2) is 7.77. The number of rotatable bonds is 4. The van der Waals surface area contributed by atoms with E-state index >= 15 is 0 Å². The summed E-state index contributed by atoms with van der Waals surface area (Å²) in [7, 11) is 2.18. The highest BCUT2D eigenvalue weighted by atomic mass is 79.9. The summed E-state index contributed by atoms with van der Waals surface area (Å²) in [4.78, 5) is 7.28. The Bertz CT molecular complexity index is 641. The van der Waals surface area contributed by atoms with Crippen LogP contribution in [-0.2, 0) is 0 Å². The summed E-state index contributed by atoms with van der Waals surface area (Å²) in [6.45, 7) is 7.41. The van der Waals surface area contributed by atoms with Crippen molar-refractivity contribution in [1.82, 2.24) is 15.2 Å². The van der Waals surface area contributed by atoms with Crippen molar-refractivity contribution in [3.8, 4) is 0 Å². The van der Waals surface area contributed by atoms with E-state index in [-0.39, 0.29) is 5.11 Å². The number of halogens is 1. The second-order valence-electron chi connectivity index (χ2n) is 6.26. The van der Waals surface area contributed by atoms with E-state index in [1.165, 1.54) is 5.69 Å². The average molecular weight is 411 g/mol. The van der Waals surface area contributed by atoms with Gasteiger partial charge in [-0.1, -0.05) is 15.9 Å². The highest BCUT2D eigenvalue weighted by Gasteiger charge is 2.26. The lowest BCUT2D eigenvalue weighted by Gasteiger charge is -2.33. The SMILES string of the molecule is CN1CCN(CCN2C/C(=N\NC(N)=S)c3cc(Br)ccc32)CC1. The van der Waals surface area contributed by atoms with E-state index in [1.807, 2.05) is 0 Å².